The molecule has 0 aromatic heterocycles. The van der Waals surface area contributed by atoms with Crippen molar-refractivity contribution in [3.63, 3.8) is 0 Å². The van der Waals surface area contributed by atoms with Crippen LogP contribution in [0.3, 0.4) is 0 Å². The normalized spacial score (nSPS) is 11.9. The maximum absolute atomic E-state index is 11.8. The molecule has 0 heterocycles. The van der Waals surface area contributed by atoms with E-state index in [1.54, 1.807) is 31.4 Å². The number of hydrogen-bond acceptors (Lipinski definition) is 4. The van der Waals surface area contributed by atoms with Crippen molar-refractivity contribution in [2.75, 3.05) is 25.6 Å². The standard InChI is InChI=1S/C15H22N2O3S/c1-11(10-19-2)20-9-3-4-14(18)17-13-7-5-12(6-8-13)15(16)21/h5-8,11H,3-4,9-10H2,1-2H3,(H2,16,21)(H,17,18). The van der Waals surface area contributed by atoms with Crippen LogP contribution in [0.5, 0.6) is 0 Å². The highest BCUT2D eigenvalue weighted by atomic mass is 32.1. The predicted octanol–water partition coefficient (Wildman–Crippen LogP) is 2.09. The molecular weight excluding hydrogens is 288 g/mol. The minimum absolute atomic E-state index is 0.0407. The highest BCUT2D eigenvalue weighted by Gasteiger charge is 2.05. The number of amides is 1. The molecule has 0 aliphatic heterocycles. The van der Waals surface area contributed by atoms with E-state index >= 15 is 0 Å². The SMILES string of the molecule is COCC(C)OCCCC(=O)Nc1ccc(C(N)=S)cc1. The summed E-state index contributed by atoms with van der Waals surface area (Å²) in [7, 11) is 1.63. The molecule has 1 atom stereocenters. The zero-order valence-corrected chi connectivity index (χ0v) is 13.2. The molecule has 0 aliphatic rings. The Labute approximate surface area is 130 Å². The summed E-state index contributed by atoms with van der Waals surface area (Å²) in [6.07, 6.45) is 1.13. The van der Waals surface area contributed by atoms with Gasteiger partial charge in [-0.05, 0) is 37.6 Å². The van der Waals surface area contributed by atoms with Crippen molar-refractivity contribution in [3.8, 4) is 0 Å². The molecule has 0 bridgehead atoms. The third-order valence-corrected chi connectivity index (χ3v) is 3.04. The van der Waals surface area contributed by atoms with Crippen molar-refractivity contribution >= 4 is 28.8 Å². The molecule has 21 heavy (non-hydrogen) atoms. The van der Waals surface area contributed by atoms with Gasteiger partial charge in [0.2, 0.25) is 5.91 Å². The fourth-order valence-corrected chi connectivity index (χ4v) is 1.88. The van der Waals surface area contributed by atoms with Gasteiger partial charge in [0.25, 0.3) is 0 Å². The molecular formula is C15H22N2O3S. The van der Waals surface area contributed by atoms with E-state index in [-0.39, 0.29) is 12.0 Å². The molecule has 0 saturated heterocycles. The summed E-state index contributed by atoms with van der Waals surface area (Å²) in [6.45, 7) is 3.03. The summed E-state index contributed by atoms with van der Waals surface area (Å²) >= 11 is 4.87. The number of thiocarbonyl (C=S) groups is 1. The first-order valence-corrected chi connectivity index (χ1v) is 7.24. The lowest BCUT2D eigenvalue weighted by Crippen LogP contribution is -2.17. The van der Waals surface area contributed by atoms with Crippen LogP contribution < -0.4 is 11.1 Å². The van der Waals surface area contributed by atoms with Gasteiger partial charge in [0.05, 0.1) is 12.7 Å². The lowest BCUT2D eigenvalue weighted by Gasteiger charge is -2.11. The van der Waals surface area contributed by atoms with E-state index in [0.29, 0.717) is 31.0 Å². The van der Waals surface area contributed by atoms with Gasteiger partial charge in [0.15, 0.2) is 0 Å². The summed E-state index contributed by atoms with van der Waals surface area (Å²) < 4.78 is 10.5. The van der Waals surface area contributed by atoms with E-state index in [9.17, 15) is 4.79 Å². The second-order valence-corrected chi connectivity index (χ2v) is 5.17. The minimum atomic E-state index is -0.0407. The average molecular weight is 310 g/mol. The summed E-state index contributed by atoms with van der Waals surface area (Å²) in [5, 5.41) is 2.82. The van der Waals surface area contributed by atoms with E-state index < -0.39 is 0 Å². The molecule has 1 rings (SSSR count). The van der Waals surface area contributed by atoms with E-state index in [2.05, 4.69) is 5.32 Å². The number of rotatable bonds is 9. The zero-order valence-electron chi connectivity index (χ0n) is 12.4. The lowest BCUT2D eigenvalue weighted by molar-refractivity contribution is -0.116. The summed E-state index contributed by atoms with van der Waals surface area (Å²) in [6, 6.07) is 7.13. The Hall–Kier alpha value is -1.50. The average Bonchev–Trinajstić information content (AvgIpc) is 2.44. The van der Waals surface area contributed by atoms with Crippen molar-refractivity contribution < 1.29 is 14.3 Å². The Morgan fingerprint density at radius 2 is 2.05 bits per heavy atom. The molecule has 1 aromatic rings. The zero-order chi connectivity index (χ0) is 15.7. The Kier molecular flexibility index (Phi) is 7.89. The topological polar surface area (TPSA) is 73.6 Å². The van der Waals surface area contributed by atoms with Crippen LogP contribution in [0, 0.1) is 0 Å². The molecule has 1 aromatic carbocycles. The molecule has 116 valence electrons. The molecule has 3 N–H and O–H groups in total. The van der Waals surface area contributed by atoms with Crippen LogP contribution >= 0.6 is 12.2 Å². The van der Waals surface area contributed by atoms with Gasteiger partial charge in [0, 0.05) is 31.4 Å². The largest absolute Gasteiger partial charge is 0.389 e. The first-order valence-electron chi connectivity index (χ1n) is 6.83. The molecule has 0 fully saturated rings. The first kappa shape index (κ1) is 17.6. The second kappa shape index (κ2) is 9.44. The second-order valence-electron chi connectivity index (χ2n) is 4.73. The molecule has 0 spiro atoms. The van der Waals surface area contributed by atoms with Crippen molar-refractivity contribution in [1.82, 2.24) is 0 Å². The lowest BCUT2D eigenvalue weighted by atomic mass is 10.2. The number of carbonyl (C=O) groups is 1. The van der Waals surface area contributed by atoms with E-state index in [1.165, 1.54) is 0 Å². The Morgan fingerprint density at radius 1 is 1.38 bits per heavy atom. The number of nitrogens with one attached hydrogen (secondary N) is 1. The van der Waals surface area contributed by atoms with Gasteiger partial charge in [-0.3, -0.25) is 4.79 Å². The maximum atomic E-state index is 11.8. The summed E-state index contributed by atoms with van der Waals surface area (Å²) in [5.41, 5.74) is 7.02. The van der Waals surface area contributed by atoms with Crippen LogP contribution in [0.1, 0.15) is 25.3 Å². The number of benzene rings is 1. The number of carbonyl (C=O) groups excluding carboxylic acids is 1. The number of methoxy groups -OCH3 is 1. The van der Waals surface area contributed by atoms with Crippen molar-refractivity contribution in [2.24, 2.45) is 5.73 Å². The maximum Gasteiger partial charge on any atom is 0.224 e. The number of anilines is 1. The monoisotopic (exact) mass is 310 g/mol. The smallest absolute Gasteiger partial charge is 0.224 e. The summed E-state index contributed by atoms with van der Waals surface area (Å²) in [4.78, 5) is 12.1. The van der Waals surface area contributed by atoms with Crippen LogP contribution in [-0.4, -0.2) is 37.3 Å². The van der Waals surface area contributed by atoms with Gasteiger partial charge in [-0.25, -0.2) is 0 Å². The summed E-state index contributed by atoms with van der Waals surface area (Å²) in [5.74, 6) is -0.0407. The third kappa shape index (κ3) is 7.17. The van der Waals surface area contributed by atoms with E-state index in [4.69, 9.17) is 27.4 Å². The molecule has 5 nitrogen and oxygen atoms in total. The van der Waals surface area contributed by atoms with Gasteiger partial charge in [0.1, 0.15) is 4.99 Å². The van der Waals surface area contributed by atoms with Gasteiger partial charge in [-0.2, -0.15) is 0 Å². The van der Waals surface area contributed by atoms with Crippen molar-refractivity contribution in [2.45, 2.75) is 25.9 Å². The van der Waals surface area contributed by atoms with Crippen molar-refractivity contribution in [1.29, 1.82) is 0 Å². The molecule has 1 amide bonds. The van der Waals surface area contributed by atoms with E-state index in [0.717, 1.165) is 11.3 Å². The molecule has 1 unspecified atom stereocenters. The van der Waals surface area contributed by atoms with Crippen LogP contribution in [0.4, 0.5) is 5.69 Å². The highest BCUT2D eigenvalue weighted by Crippen LogP contribution is 2.10. The first-order chi connectivity index (χ1) is 10.0. The fourth-order valence-electron chi connectivity index (χ4n) is 1.74. The quantitative estimate of drug-likeness (QED) is 0.540. The van der Waals surface area contributed by atoms with Gasteiger partial charge in [-0.15, -0.1) is 0 Å². The molecule has 0 saturated carbocycles. The van der Waals surface area contributed by atoms with Crippen LogP contribution in [-0.2, 0) is 14.3 Å². The van der Waals surface area contributed by atoms with Gasteiger partial charge >= 0.3 is 0 Å². The predicted molar refractivity (Wildman–Crippen MR) is 87.5 cm³/mol. The number of nitrogens with two attached hydrogens (primary N) is 1. The fraction of sp³-hybridized carbons (Fsp3) is 0.467. The number of ether oxygens (including phenoxy) is 2. The van der Waals surface area contributed by atoms with Crippen molar-refractivity contribution in [3.05, 3.63) is 29.8 Å². The Balaban J connectivity index is 2.26. The molecule has 0 radical (unpaired) electrons. The molecule has 6 heteroatoms. The van der Waals surface area contributed by atoms with Crippen LogP contribution in [0.25, 0.3) is 0 Å². The highest BCUT2D eigenvalue weighted by molar-refractivity contribution is 7.80. The van der Waals surface area contributed by atoms with Crippen LogP contribution in [0.2, 0.25) is 0 Å². The number of hydrogen-bond donors (Lipinski definition) is 2. The Bertz CT molecular complexity index is 462. The van der Waals surface area contributed by atoms with Gasteiger partial charge in [-0.1, -0.05) is 12.2 Å². The third-order valence-electron chi connectivity index (χ3n) is 2.81. The van der Waals surface area contributed by atoms with Crippen LogP contribution in [0.15, 0.2) is 24.3 Å². The van der Waals surface area contributed by atoms with E-state index in [1.807, 2.05) is 6.92 Å². The Morgan fingerprint density at radius 3 is 2.62 bits per heavy atom. The van der Waals surface area contributed by atoms with Gasteiger partial charge < -0.3 is 20.5 Å². The molecule has 0 aliphatic carbocycles. The minimum Gasteiger partial charge on any atom is -0.389 e.